The van der Waals surface area contributed by atoms with Gasteiger partial charge < -0.3 is 14.4 Å². The zero-order chi connectivity index (χ0) is 17.9. The quantitative estimate of drug-likeness (QED) is 0.832. The zero-order valence-electron chi connectivity index (χ0n) is 16.2. The Morgan fingerprint density at radius 1 is 1.00 bits per heavy atom. The van der Waals surface area contributed by atoms with Crippen LogP contribution >= 0.6 is 0 Å². The number of hydrogen-bond acceptors (Lipinski definition) is 4. The van der Waals surface area contributed by atoms with Crippen molar-refractivity contribution >= 4 is 5.91 Å². The fourth-order valence-corrected chi connectivity index (χ4v) is 4.93. The molecule has 0 radical (unpaired) electrons. The normalized spacial score (nSPS) is 25.7. The maximum absolute atomic E-state index is 12.8. The van der Waals surface area contributed by atoms with Crippen molar-refractivity contribution in [3.8, 4) is 0 Å². The average Bonchev–Trinajstić information content (AvgIpc) is 2.99. The number of fused-ring (bicyclic) bond motifs is 1. The Balaban J connectivity index is 1.41. The molecule has 1 aromatic rings. The Labute approximate surface area is 156 Å². The molecule has 0 bridgehead atoms. The molecule has 26 heavy (non-hydrogen) atoms. The Hall–Kier alpha value is -1.43. The first-order valence-corrected chi connectivity index (χ1v) is 10.6. The third-order valence-corrected chi connectivity index (χ3v) is 6.61. The maximum Gasteiger partial charge on any atom is 0.222 e. The van der Waals surface area contributed by atoms with E-state index in [0.29, 0.717) is 17.7 Å². The highest BCUT2D eigenvalue weighted by atomic mass is 16.2. The third-order valence-electron chi connectivity index (χ3n) is 6.61. The summed E-state index contributed by atoms with van der Waals surface area (Å²) in [5.74, 6) is 3.58. The topological polar surface area (TPSA) is 54.3 Å². The minimum atomic E-state index is 0.351. The number of piperidine rings is 1. The lowest BCUT2D eigenvalue weighted by molar-refractivity contribution is -0.133. The second-order valence-corrected chi connectivity index (χ2v) is 8.57. The second-order valence-electron chi connectivity index (χ2n) is 8.57. The lowest BCUT2D eigenvalue weighted by Gasteiger charge is -2.34. The van der Waals surface area contributed by atoms with Crippen molar-refractivity contribution in [3.63, 3.8) is 0 Å². The molecule has 6 nitrogen and oxygen atoms in total. The van der Waals surface area contributed by atoms with E-state index in [2.05, 4.69) is 31.6 Å². The molecule has 1 aliphatic carbocycles. The fourth-order valence-electron chi connectivity index (χ4n) is 4.93. The van der Waals surface area contributed by atoms with Crippen LogP contribution in [0.15, 0.2) is 0 Å². The van der Waals surface area contributed by atoms with E-state index >= 15 is 0 Å². The van der Waals surface area contributed by atoms with Gasteiger partial charge in [-0.2, -0.15) is 0 Å². The van der Waals surface area contributed by atoms with Crippen LogP contribution in [-0.4, -0.2) is 63.7 Å². The number of amides is 1. The van der Waals surface area contributed by atoms with Gasteiger partial charge in [-0.15, -0.1) is 10.2 Å². The molecule has 4 rings (SSSR count). The van der Waals surface area contributed by atoms with E-state index in [1.165, 1.54) is 32.1 Å². The van der Waals surface area contributed by atoms with E-state index in [0.717, 1.165) is 70.1 Å². The van der Waals surface area contributed by atoms with Crippen LogP contribution in [0.5, 0.6) is 0 Å². The van der Waals surface area contributed by atoms with Gasteiger partial charge in [0.2, 0.25) is 5.91 Å². The number of carbonyl (C=O) groups excluding carboxylic acids is 1. The Morgan fingerprint density at radius 2 is 1.85 bits per heavy atom. The number of nitrogens with zero attached hydrogens (tertiary/aromatic N) is 5. The van der Waals surface area contributed by atoms with Gasteiger partial charge in [-0.05, 0) is 38.6 Å². The highest BCUT2D eigenvalue weighted by molar-refractivity contribution is 5.76. The van der Waals surface area contributed by atoms with Gasteiger partial charge in [0.25, 0.3) is 0 Å². The van der Waals surface area contributed by atoms with Crippen LogP contribution in [-0.2, 0) is 17.8 Å². The molecule has 2 fully saturated rings. The molecule has 1 saturated heterocycles. The summed E-state index contributed by atoms with van der Waals surface area (Å²) in [5.41, 5.74) is 0. The Bertz CT molecular complexity index is 622. The molecule has 0 aromatic carbocycles. The van der Waals surface area contributed by atoms with Gasteiger partial charge in [-0.25, -0.2) is 0 Å². The second kappa shape index (κ2) is 8.07. The molecule has 3 aliphatic rings. The molecule has 0 spiro atoms. The molecule has 0 N–H and O–H groups in total. The molecule has 1 amide bonds. The first kappa shape index (κ1) is 18.0. The molecule has 1 atom stereocenters. The standard InChI is InChI=1S/C20H33N5O/c1-23-11-9-18-21-22-20(25(18)13-12-23)17-8-5-10-24(15-17)19(26)14-16-6-3-2-4-7-16/h16-17H,2-15H2,1H3. The van der Waals surface area contributed by atoms with Crippen molar-refractivity contribution in [2.75, 3.05) is 33.2 Å². The van der Waals surface area contributed by atoms with Gasteiger partial charge in [0.15, 0.2) is 0 Å². The number of likely N-dealkylation sites (tertiary alicyclic amines) is 1. The van der Waals surface area contributed by atoms with Crippen LogP contribution in [0.3, 0.4) is 0 Å². The zero-order valence-corrected chi connectivity index (χ0v) is 16.2. The summed E-state index contributed by atoms with van der Waals surface area (Å²) >= 11 is 0. The maximum atomic E-state index is 12.8. The van der Waals surface area contributed by atoms with E-state index in [9.17, 15) is 4.79 Å². The van der Waals surface area contributed by atoms with Crippen LogP contribution in [0, 0.1) is 5.92 Å². The van der Waals surface area contributed by atoms with Crippen LogP contribution < -0.4 is 0 Å². The number of likely N-dealkylation sites (N-methyl/N-ethyl adjacent to an activating group) is 1. The van der Waals surface area contributed by atoms with E-state index in [-0.39, 0.29) is 0 Å². The first-order chi connectivity index (χ1) is 12.7. The molecule has 6 heteroatoms. The van der Waals surface area contributed by atoms with Crippen molar-refractivity contribution in [1.82, 2.24) is 24.6 Å². The van der Waals surface area contributed by atoms with Crippen LogP contribution in [0.2, 0.25) is 0 Å². The average molecular weight is 360 g/mol. The number of carbonyl (C=O) groups is 1. The highest BCUT2D eigenvalue weighted by Crippen LogP contribution is 2.30. The van der Waals surface area contributed by atoms with Gasteiger partial charge >= 0.3 is 0 Å². The number of rotatable bonds is 3. The monoisotopic (exact) mass is 359 g/mol. The summed E-state index contributed by atoms with van der Waals surface area (Å²) in [7, 11) is 2.17. The van der Waals surface area contributed by atoms with E-state index in [1.807, 2.05) is 0 Å². The lowest BCUT2D eigenvalue weighted by Crippen LogP contribution is -2.40. The molecule has 144 valence electrons. The summed E-state index contributed by atoms with van der Waals surface area (Å²) in [4.78, 5) is 17.3. The Kier molecular flexibility index (Phi) is 5.57. The van der Waals surface area contributed by atoms with Crippen molar-refractivity contribution in [1.29, 1.82) is 0 Å². The van der Waals surface area contributed by atoms with Crippen molar-refractivity contribution in [2.24, 2.45) is 5.92 Å². The summed E-state index contributed by atoms with van der Waals surface area (Å²) < 4.78 is 2.34. The van der Waals surface area contributed by atoms with Gasteiger partial charge in [0, 0.05) is 51.5 Å². The minimum absolute atomic E-state index is 0.351. The van der Waals surface area contributed by atoms with Crippen molar-refractivity contribution < 1.29 is 4.79 Å². The molecular formula is C20H33N5O. The summed E-state index contributed by atoms with van der Waals surface area (Å²) in [6, 6.07) is 0. The molecule has 1 saturated carbocycles. The molecular weight excluding hydrogens is 326 g/mol. The summed E-state index contributed by atoms with van der Waals surface area (Å²) in [6.45, 7) is 4.83. The fraction of sp³-hybridized carbons (Fsp3) is 0.850. The largest absolute Gasteiger partial charge is 0.342 e. The van der Waals surface area contributed by atoms with E-state index in [4.69, 9.17) is 0 Å². The minimum Gasteiger partial charge on any atom is -0.342 e. The Morgan fingerprint density at radius 3 is 2.69 bits per heavy atom. The van der Waals surface area contributed by atoms with E-state index < -0.39 is 0 Å². The van der Waals surface area contributed by atoms with Crippen LogP contribution in [0.1, 0.15) is 68.9 Å². The lowest BCUT2D eigenvalue weighted by atomic mass is 9.86. The smallest absolute Gasteiger partial charge is 0.222 e. The highest BCUT2D eigenvalue weighted by Gasteiger charge is 2.30. The van der Waals surface area contributed by atoms with Crippen molar-refractivity contribution in [2.45, 2.75) is 70.3 Å². The predicted octanol–water partition coefficient (Wildman–Crippen LogP) is 2.44. The van der Waals surface area contributed by atoms with Gasteiger partial charge in [-0.3, -0.25) is 4.79 Å². The van der Waals surface area contributed by atoms with Crippen LogP contribution in [0.4, 0.5) is 0 Å². The SMILES string of the molecule is CN1CCc2nnc(C3CCCN(C(=O)CC4CCCCC4)C3)n2CC1. The van der Waals surface area contributed by atoms with E-state index in [1.54, 1.807) is 0 Å². The number of hydrogen-bond donors (Lipinski definition) is 0. The first-order valence-electron chi connectivity index (χ1n) is 10.6. The van der Waals surface area contributed by atoms with Gasteiger partial charge in [-0.1, -0.05) is 19.3 Å². The third kappa shape index (κ3) is 3.95. The molecule has 2 aliphatic heterocycles. The molecule has 1 aromatic heterocycles. The number of aromatic nitrogens is 3. The summed E-state index contributed by atoms with van der Waals surface area (Å²) in [5, 5.41) is 9.03. The molecule has 3 heterocycles. The van der Waals surface area contributed by atoms with Crippen LogP contribution in [0.25, 0.3) is 0 Å². The van der Waals surface area contributed by atoms with Crippen molar-refractivity contribution in [3.05, 3.63) is 11.6 Å². The summed E-state index contributed by atoms with van der Waals surface area (Å²) in [6.07, 6.45) is 10.4. The molecule has 1 unspecified atom stereocenters. The van der Waals surface area contributed by atoms with Gasteiger partial charge in [0.05, 0.1) is 0 Å². The predicted molar refractivity (Wildman–Crippen MR) is 101 cm³/mol. The van der Waals surface area contributed by atoms with Gasteiger partial charge in [0.1, 0.15) is 11.6 Å².